The molecule has 27 heavy (non-hydrogen) atoms. The Bertz CT molecular complexity index is 960. The molecular weight excluding hydrogens is 348 g/mol. The van der Waals surface area contributed by atoms with Crippen LogP contribution in [0.5, 0.6) is 0 Å². The lowest BCUT2D eigenvalue weighted by Crippen LogP contribution is -2.23. The summed E-state index contributed by atoms with van der Waals surface area (Å²) in [6.45, 7) is 5.84. The number of carbonyl (C=O) groups is 2. The molecule has 0 unspecified atom stereocenters. The number of fused-ring (bicyclic) bond motifs is 2. The highest BCUT2D eigenvalue weighted by atomic mass is 16.4. The van der Waals surface area contributed by atoms with E-state index in [1.54, 1.807) is 0 Å². The standard InChI is InChI=1S/C18H22N2O.C2H2O4/c1-12-8-9-15-17(13(12)2)20(11-5-10-19)16-7-4-3-6-14(16)18(15)21;3-1(4)2(5)6/h3-4,6-7H,5,8-11,19H2,1-2H3;(H,3,4)(H,5,6). The number of aryl methyl sites for hydroxylation is 1. The molecule has 0 saturated heterocycles. The first-order chi connectivity index (χ1) is 12.8. The van der Waals surface area contributed by atoms with Gasteiger partial charge in [-0.3, -0.25) is 4.79 Å². The van der Waals surface area contributed by atoms with Crippen LogP contribution in [0.25, 0.3) is 16.5 Å². The normalized spacial score (nSPS) is 13.0. The maximum absolute atomic E-state index is 12.8. The van der Waals surface area contributed by atoms with Gasteiger partial charge in [-0.2, -0.15) is 0 Å². The summed E-state index contributed by atoms with van der Waals surface area (Å²) >= 11 is 0. The van der Waals surface area contributed by atoms with Gasteiger partial charge in [-0.25, -0.2) is 9.59 Å². The van der Waals surface area contributed by atoms with Crippen molar-refractivity contribution in [2.24, 2.45) is 5.73 Å². The highest BCUT2D eigenvalue weighted by molar-refractivity contribution is 6.27. The summed E-state index contributed by atoms with van der Waals surface area (Å²) < 4.78 is 2.30. The molecule has 4 N–H and O–H groups in total. The maximum atomic E-state index is 12.8. The van der Waals surface area contributed by atoms with E-state index in [9.17, 15) is 4.79 Å². The number of rotatable bonds is 3. The summed E-state index contributed by atoms with van der Waals surface area (Å²) in [6.07, 6.45) is 2.76. The number of carboxylic acid groups (broad SMARTS) is 2. The highest BCUT2D eigenvalue weighted by Gasteiger charge is 2.22. The van der Waals surface area contributed by atoms with E-state index in [0.717, 1.165) is 48.0 Å². The molecule has 1 aromatic carbocycles. The van der Waals surface area contributed by atoms with Gasteiger partial charge in [0.2, 0.25) is 0 Å². The Morgan fingerprint density at radius 1 is 1.11 bits per heavy atom. The summed E-state index contributed by atoms with van der Waals surface area (Å²) in [5, 5.41) is 15.6. The number of aliphatic carboxylic acids is 2. The molecule has 0 radical (unpaired) electrons. The minimum atomic E-state index is -1.82. The fourth-order valence-corrected chi connectivity index (χ4v) is 3.30. The maximum Gasteiger partial charge on any atom is 0.414 e. The van der Waals surface area contributed by atoms with Gasteiger partial charge in [-0.05, 0) is 57.4 Å². The molecule has 0 aliphatic heterocycles. The minimum Gasteiger partial charge on any atom is -0.473 e. The number of para-hydroxylation sites is 1. The Labute approximate surface area is 156 Å². The molecule has 1 aromatic heterocycles. The average molecular weight is 372 g/mol. The predicted octanol–water partition coefficient (Wildman–Crippen LogP) is 2.25. The monoisotopic (exact) mass is 372 g/mol. The van der Waals surface area contributed by atoms with E-state index in [1.165, 1.54) is 11.1 Å². The van der Waals surface area contributed by atoms with Crippen molar-refractivity contribution in [1.29, 1.82) is 0 Å². The number of benzene rings is 1. The molecule has 144 valence electrons. The molecule has 0 bridgehead atoms. The van der Waals surface area contributed by atoms with Crippen LogP contribution in [0.3, 0.4) is 0 Å². The predicted molar refractivity (Wildman–Crippen MR) is 104 cm³/mol. The van der Waals surface area contributed by atoms with Crippen molar-refractivity contribution in [3.63, 3.8) is 0 Å². The van der Waals surface area contributed by atoms with Gasteiger partial charge >= 0.3 is 11.9 Å². The topological polar surface area (TPSA) is 123 Å². The largest absolute Gasteiger partial charge is 0.473 e. The van der Waals surface area contributed by atoms with Crippen molar-refractivity contribution in [1.82, 2.24) is 4.57 Å². The summed E-state index contributed by atoms with van der Waals surface area (Å²) in [5.41, 5.74) is 11.7. The number of nitrogens with two attached hydrogens (primary N) is 1. The SMILES string of the molecule is CC1=C(C)c2c(c(=O)c3ccccc3n2CCCN)CC1.O=C(O)C(=O)O. The van der Waals surface area contributed by atoms with Crippen LogP contribution in [0.15, 0.2) is 34.6 Å². The van der Waals surface area contributed by atoms with E-state index in [1.807, 2.05) is 24.3 Å². The van der Waals surface area contributed by atoms with Crippen molar-refractivity contribution in [2.75, 3.05) is 6.54 Å². The Morgan fingerprint density at radius 3 is 2.33 bits per heavy atom. The molecule has 1 aliphatic rings. The number of nitrogens with zero attached hydrogens (tertiary/aromatic N) is 1. The van der Waals surface area contributed by atoms with Crippen molar-refractivity contribution in [3.05, 3.63) is 51.3 Å². The molecule has 2 aromatic rings. The molecule has 0 saturated carbocycles. The Kier molecular flexibility index (Phi) is 6.52. The van der Waals surface area contributed by atoms with E-state index in [2.05, 4.69) is 18.4 Å². The zero-order valence-corrected chi connectivity index (χ0v) is 15.5. The zero-order valence-electron chi connectivity index (χ0n) is 15.5. The lowest BCUT2D eigenvalue weighted by Gasteiger charge is -2.25. The molecule has 1 heterocycles. The summed E-state index contributed by atoms with van der Waals surface area (Å²) in [7, 11) is 0. The number of hydrogen-bond donors (Lipinski definition) is 3. The van der Waals surface area contributed by atoms with Crippen molar-refractivity contribution < 1.29 is 19.8 Å². The second-order valence-electron chi connectivity index (χ2n) is 6.48. The molecule has 0 fully saturated rings. The van der Waals surface area contributed by atoms with Gasteiger partial charge in [0.25, 0.3) is 0 Å². The quantitative estimate of drug-likeness (QED) is 0.710. The van der Waals surface area contributed by atoms with Crippen molar-refractivity contribution >= 4 is 28.4 Å². The zero-order chi connectivity index (χ0) is 20.1. The Morgan fingerprint density at radius 2 is 1.74 bits per heavy atom. The summed E-state index contributed by atoms with van der Waals surface area (Å²) in [4.78, 5) is 31.0. The Balaban J connectivity index is 0.000000380. The second-order valence-corrected chi connectivity index (χ2v) is 6.48. The van der Waals surface area contributed by atoms with E-state index in [-0.39, 0.29) is 5.43 Å². The van der Waals surface area contributed by atoms with Gasteiger partial charge in [-0.15, -0.1) is 0 Å². The van der Waals surface area contributed by atoms with Gasteiger partial charge in [0, 0.05) is 17.5 Å². The third-order valence-electron chi connectivity index (χ3n) is 4.78. The van der Waals surface area contributed by atoms with Crippen LogP contribution in [0.2, 0.25) is 0 Å². The molecule has 7 nitrogen and oxygen atoms in total. The van der Waals surface area contributed by atoms with Crippen LogP contribution in [0.1, 0.15) is 37.9 Å². The number of hydrogen-bond acceptors (Lipinski definition) is 4. The molecule has 0 amide bonds. The second kappa shape index (κ2) is 8.64. The first-order valence-electron chi connectivity index (χ1n) is 8.77. The van der Waals surface area contributed by atoms with E-state index >= 15 is 0 Å². The number of carboxylic acids is 2. The van der Waals surface area contributed by atoms with Crippen molar-refractivity contribution in [2.45, 2.75) is 39.7 Å². The fourth-order valence-electron chi connectivity index (χ4n) is 3.30. The van der Waals surface area contributed by atoms with Gasteiger partial charge in [0.05, 0.1) is 11.2 Å². The van der Waals surface area contributed by atoms with Crippen LogP contribution in [0, 0.1) is 0 Å². The first kappa shape index (κ1) is 20.4. The smallest absolute Gasteiger partial charge is 0.414 e. The van der Waals surface area contributed by atoms with Gasteiger partial charge in [-0.1, -0.05) is 17.7 Å². The molecule has 0 spiro atoms. The van der Waals surface area contributed by atoms with E-state index in [0.29, 0.717) is 6.54 Å². The van der Waals surface area contributed by atoms with Gasteiger partial charge < -0.3 is 20.5 Å². The lowest BCUT2D eigenvalue weighted by molar-refractivity contribution is -0.159. The average Bonchev–Trinajstić information content (AvgIpc) is 2.65. The van der Waals surface area contributed by atoms with Crippen LogP contribution in [-0.2, 0) is 22.6 Å². The first-order valence-corrected chi connectivity index (χ1v) is 8.77. The lowest BCUT2D eigenvalue weighted by atomic mass is 9.89. The van der Waals surface area contributed by atoms with Crippen LogP contribution < -0.4 is 11.2 Å². The van der Waals surface area contributed by atoms with Crippen LogP contribution in [-0.4, -0.2) is 33.3 Å². The summed E-state index contributed by atoms with van der Waals surface area (Å²) in [5.74, 6) is -3.65. The number of aromatic nitrogens is 1. The third kappa shape index (κ3) is 4.25. The Hall–Kier alpha value is -2.93. The molecule has 7 heteroatoms. The molecule has 1 aliphatic carbocycles. The number of pyridine rings is 1. The summed E-state index contributed by atoms with van der Waals surface area (Å²) in [6, 6.07) is 7.93. The van der Waals surface area contributed by atoms with Gasteiger partial charge in [0.1, 0.15) is 0 Å². The molecule has 0 atom stereocenters. The molecule has 3 rings (SSSR count). The third-order valence-corrected chi connectivity index (χ3v) is 4.78. The van der Waals surface area contributed by atoms with Crippen LogP contribution in [0.4, 0.5) is 0 Å². The molecular formula is C20H24N2O5. The van der Waals surface area contributed by atoms with Gasteiger partial charge in [0.15, 0.2) is 5.43 Å². The van der Waals surface area contributed by atoms with Crippen LogP contribution >= 0.6 is 0 Å². The number of allylic oxidation sites excluding steroid dienone is 2. The van der Waals surface area contributed by atoms with E-state index in [4.69, 9.17) is 25.5 Å². The minimum absolute atomic E-state index is 0.205. The highest BCUT2D eigenvalue weighted by Crippen LogP contribution is 2.31. The fraction of sp³-hybridized carbons (Fsp3) is 0.350. The van der Waals surface area contributed by atoms with Crippen molar-refractivity contribution in [3.8, 4) is 0 Å². The van der Waals surface area contributed by atoms with E-state index < -0.39 is 11.9 Å².